The van der Waals surface area contributed by atoms with Gasteiger partial charge in [0.2, 0.25) is 12.5 Å². The average Bonchev–Trinajstić information content (AvgIpc) is 3.22. The summed E-state index contributed by atoms with van der Waals surface area (Å²) >= 11 is 0. The normalized spacial score (nSPS) is 28.5. The zero-order valence-corrected chi connectivity index (χ0v) is 15.9. The summed E-state index contributed by atoms with van der Waals surface area (Å²) in [6.07, 6.45) is 6.84. The maximum Gasteiger partial charge on any atom is 0.302 e. The van der Waals surface area contributed by atoms with Crippen molar-refractivity contribution in [3.63, 3.8) is 0 Å². The first-order chi connectivity index (χ1) is 13.1. The van der Waals surface area contributed by atoms with Gasteiger partial charge in [-0.1, -0.05) is 6.08 Å². The standard InChI is InChI=1S/C21H25NO5/c1-13(23)27-15-6-5-14-7-9-22-8-3-4-16-17(21(14,22)11-15)10-18-20(19(16)24-2)26-12-25-18/h5,10,15H,3-4,6-9,11-12H2,1-2H3/t15-,21-/m0/s1. The number of carbonyl (C=O) groups excluding carboxylic acids is 1. The predicted octanol–water partition coefficient (Wildman–Crippen LogP) is 2.92. The number of hydrogen-bond acceptors (Lipinski definition) is 6. The highest BCUT2D eigenvalue weighted by Gasteiger charge is 2.52. The molecule has 0 aromatic heterocycles. The molecule has 27 heavy (non-hydrogen) atoms. The van der Waals surface area contributed by atoms with Gasteiger partial charge in [-0.3, -0.25) is 9.69 Å². The van der Waals surface area contributed by atoms with Crippen LogP contribution in [0.25, 0.3) is 0 Å². The van der Waals surface area contributed by atoms with E-state index in [0.717, 1.165) is 62.4 Å². The number of carbonyl (C=O) groups is 1. The monoisotopic (exact) mass is 371 g/mol. The van der Waals surface area contributed by atoms with Crippen LogP contribution < -0.4 is 14.2 Å². The molecule has 1 aromatic rings. The lowest BCUT2D eigenvalue weighted by atomic mass is 9.73. The fourth-order valence-electron chi connectivity index (χ4n) is 5.48. The summed E-state index contributed by atoms with van der Waals surface area (Å²) in [6, 6.07) is 2.15. The molecule has 0 N–H and O–H groups in total. The summed E-state index contributed by atoms with van der Waals surface area (Å²) < 4.78 is 22.9. The van der Waals surface area contributed by atoms with E-state index in [2.05, 4.69) is 17.0 Å². The SMILES string of the molecule is COc1c2c(cc3c1OCO3)[C@]13C[C@@H](OC(C)=O)CC=C1CCN3CCC2. The van der Waals surface area contributed by atoms with Crippen molar-refractivity contribution >= 4 is 5.97 Å². The molecule has 4 aliphatic rings. The van der Waals surface area contributed by atoms with Crippen LogP contribution in [0.3, 0.4) is 0 Å². The Morgan fingerprint density at radius 1 is 1.30 bits per heavy atom. The molecular weight excluding hydrogens is 346 g/mol. The zero-order valence-electron chi connectivity index (χ0n) is 15.9. The van der Waals surface area contributed by atoms with Crippen LogP contribution in [0.15, 0.2) is 17.7 Å². The second kappa shape index (κ2) is 6.16. The van der Waals surface area contributed by atoms with Crippen LogP contribution in [0.5, 0.6) is 17.2 Å². The highest BCUT2D eigenvalue weighted by atomic mass is 16.7. The second-order valence-corrected chi connectivity index (χ2v) is 7.77. The minimum atomic E-state index is -0.238. The number of ether oxygens (including phenoxy) is 4. The molecule has 6 heteroatoms. The van der Waals surface area contributed by atoms with Gasteiger partial charge in [0.15, 0.2) is 11.5 Å². The topological polar surface area (TPSA) is 57.2 Å². The van der Waals surface area contributed by atoms with Crippen molar-refractivity contribution in [2.24, 2.45) is 0 Å². The summed E-state index contributed by atoms with van der Waals surface area (Å²) in [5.41, 5.74) is 3.65. The van der Waals surface area contributed by atoms with Gasteiger partial charge in [0.05, 0.1) is 12.6 Å². The quantitative estimate of drug-likeness (QED) is 0.589. The van der Waals surface area contributed by atoms with Gasteiger partial charge in [0, 0.05) is 31.9 Å². The Kier molecular flexibility index (Phi) is 3.86. The minimum Gasteiger partial charge on any atom is -0.492 e. The molecule has 1 fully saturated rings. The molecule has 0 saturated carbocycles. The van der Waals surface area contributed by atoms with Gasteiger partial charge < -0.3 is 18.9 Å². The van der Waals surface area contributed by atoms with E-state index in [1.807, 2.05) is 0 Å². The van der Waals surface area contributed by atoms with Crippen LogP contribution in [0, 0.1) is 0 Å². The molecule has 1 aliphatic carbocycles. The third-order valence-corrected chi connectivity index (χ3v) is 6.43. The Hall–Kier alpha value is -2.21. The van der Waals surface area contributed by atoms with Crippen LogP contribution in [0.4, 0.5) is 0 Å². The molecule has 5 rings (SSSR count). The number of fused-ring (bicyclic) bond motifs is 2. The molecule has 0 bridgehead atoms. The molecule has 0 amide bonds. The Bertz CT molecular complexity index is 832. The summed E-state index contributed by atoms with van der Waals surface area (Å²) in [7, 11) is 1.70. The Morgan fingerprint density at radius 3 is 3.00 bits per heavy atom. The number of esters is 1. The van der Waals surface area contributed by atoms with E-state index in [-0.39, 0.29) is 24.4 Å². The molecule has 0 radical (unpaired) electrons. The summed E-state index contributed by atoms with van der Waals surface area (Å²) in [5, 5.41) is 0. The minimum absolute atomic E-state index is 0.103. The van der Waals surface area contributed by atoms with Crippen molar-refractivity contribution in [3.05, 3.63) is 28.8 Å². The van der Waals surface area contributed by atoms with E-state index in [0.29, 0.717) is 0 Å². The van der Waals surface area contributed by atoms with Crippen LogP contribution in [0.1, 0.15) is 43.7 Å². The molecule has 6 nitrogen and oxygen atoms in total. The van der Waals surface area contributed by atoms with E-state index in [1.165, 1.54) is 23.6 Å². The molecule has 3 aliphatic heterocycles. The van der Waals surface area contributed by atoms with Gasteiger partial charge in [0.25, 0.3) is 0 Å². The van der Waals surface area contributed by atoms with E-state index in [9.17, 15) is 4.79 Å². The number of hydrogen-bond donors (Lipinski definition) is 0. The van der Waals surface area contributed by atoms with Crippen molar-refractivity contribution in [2.45, 2.75) is 50.7 Å². The van der Waals surface area contributed by atoms with Crippen LogP contribution in [-0.4, -0.2) is 44.0 Å². The van der Waals surface area contributed by atoms with E-state index in [1.54, 1.807) is 7.11 Å². The van der Waals surface area contributed by atoms with Gasteiger partial charge in [-0.2, -0.15) is 0 Å². The molecular formula is C21H25NO5. The highest BCUT2D eigenvalue weighted by Crippen LogP contribution is 2.57. The lowest BCUT2D eigenvalue weighted by molar-refractivity contribution is -0.148. The first kappa shape index (κ1) is 16.9. The highest BCUT2D eigenvalue weighted by molar-refractivity contribution is 5.67. The fourth-order valence-corrected chi connectivity index (χ4v) is 5.48. The largest absolute Gasteiger partial charge is 0.492 e. The van der Waals surface area contributed by atoms with E-state index >= 15 is 0 Å². The predicted molar refractivity (Wildman–Crippen MR) is 98.2 cm³/mol. The second-order valence-electron chi connectivity index (χ2n) is 7.77. The van der Waals surface area contributed by atoms with Gasteiger partial charge in [0.1, 0.15) is 6.10 Å². The third kappa shape index (κ3) is 2.39. The Morgan fingerprint density at radius 2 is 2.19 bits per heavy atom. The molecule has 3 heterocycles. The molecule has 144 valence electrons. The van der Waals surface area contributed by atoms with E-state index in [4.69, 9.17) is 18.9 Å². The molecule has 1 spiro atoms. The van der Waals surface area contributed by atoms with Gasteiger partial charge in [-0.05, 0) is 43.0 Å². The first-order valence-corrected chi connectivity index (χ1v) is 9.75. The van der Waals surface area contributed by atoms with Crippen molar-refractivity contribution in [2.75, 3.05) is 27.0 Å². The van der Waals surface area contributed by atoms with Crippen molar-refractivity contribution < 1.29 is 23.7 Å². The molecule has 0 unspecified atom stereocenters. The van der Waals surface area contributed by atoms with Gasteiger partial charge >= 0.3 is 5.97 Å². The van der Waals surface area contributed by atoms with Gasteiger partial charge in [-0.25, -0.2) is 0 Å². The smallest absolute Gasteiger partial charge is 0.302 e. The van der Waals surface area contributed by atoms with Crippen molar-refractivity contribution in [3.8, 4) is 17.2 Å². The van der Waals surface area contributed by atoms with E-state index < -0.39 is 0 Å². The Labute approximate surface area is 159 Å². The maximum atomic E-state index is 11.6. The Balaban J connectivity index is 1.71. The van der Waals surface area contributed by atoms with Crippen LogP contribution >= 0.6 is 0 Å². The lowest BCUT2D eigenvalue weighted by Crippen LogP contribution is -2.47. The maximum absolute atomic E-state index is 11.6. The van der Waals surface area contributed by atoms with Gasteiger partial charge in [-0.15, -0.1) is 0 Å². The fraction of sp³-hybridized carbons (Fsp3) is 0.571. The molecule has 1 saturated heterocycles. The number of rotatable bonds is 2. The summed E-state index contributed by atoms with van der Waals surface area (Å²) in [6.45, 7) is 3.78. The molecule has 2 atom stereocenters. The molecule has 1 aromatic carbocycles. The zero-order chi connectivity index (χ0) is 18.6. The van der Waals surface area contributed by atoms with Crippen molar-refractivity contribution in [1.82, 2.24) is 4.90 Å². The third-order valence-electron chi connectivity index (χ3n) is 6.43. The summed E-state index contributed by atoms with van der Waals surface area (Å²) in [5.74, 6) is 2.06. The number of nitrogens with zero attached hydrogens (tertiary/aromatic N) is 1. The van der Waals surface area contributed by atoms with Crippen LogP contribution in [0.2, 0.25) is 0 Å². The number of methoxy groups -OCH3 is 1. The average molecular weight is 371 g/mol. The van der Waals surface area contributed by atoms with Crippen molar-refractivity contribution in [1.29, 1.82) is 0 Å². The first-order valence-electron chi connectivity index (χ1n) is 9.75. The number of benzene rings is 1. The van der Waals surface area contributed by atoms with Crippen LogP contribution in [-0.2, 0) is 21.5 Å². The lowest BCUT2D eigenvalue weighted by Gasteiger charge is -2.44. The summed E-state index contributed by atoms with van der Waals surface area (Å²) in [4.78, 5) is 14.2.